The molecule has 1 spiro atoms. The van der Waals surface area contributed by atoms with E-state index in [4.69, 9.17) is 0 Å². The molecule has 0 N–H and O–H groups in total. The second kappa shape index (κ2) is 13.7. The average Bonchev–Trinajstić information content (AvgIpc) is 3.80. The van der Waals surface area contributed by atoms with Gasteiger partial charge in [0.25, 0.3) is 0 Å². The lowest BCUT2D eigenvalue weighted by Gasteiger charge is -2.33. The molecule has 0 saturated heterocycles. The van der Waals surface area contributed by atoms with Gasteiger partial charge in [0.1, 0.15) is 0 Å². The number of fused-ring (bicyclic) bond motifs is 11. The summed E-state index contributed by atoms with van der Waals surface area (Å²) < 4.78 is 0. The number of hydrogen-bond acceptors (Lipinski definition) is 1. The Morgan fingerprint density at radius 2 is 0.633 bits per heavy atom. The van der Waals surface area contributed by atoms with Gasteiger partial charge in [-0.15, -0.1) is 0 Å². The van der Waals surface area contributed by atoms with Crippen molar-refractivity contribution < 1.29 is 0 Å². The highest BCUT2D eigenvalue weighted by Crippen LogP contribution is 2.65. The van der Waals surface area contributed by atoms with Crippen molar-refractivity contribution in [1.29, 1.82) is 0 Å². The third-order valence-electron chi connectivity index (χ3n) is 12.9. The van der Waals surface area contributed by atoms with Crippen LogP contribution in [0.5, 0.6) is 0 Å². The fourth-order valence-electron chi connectivity index (χ4n) is 10.5. The highest BCUT2D eigenvalue weighted by Gasteiger charge is 2.52. The molecule has 0 bridgehead atoms. The highest BCUT2D eigenvalue weighted by molar-refractivity contribution is 6.09. The molecule has 280 valence electrons. The molecule has 2 aliphatic rings. The molecule has 2 aliphatic carbocycles. The van der Waals surface area contributed by atoms with Crippen molar-refractivity contribution in [3.63, 3.8) is 0 Å². The van der Waals surface area contributed by atoms with E-state index in [-0.39, 0.29) is 0 Å². The van der Waals surface area contributed by atoms with Crippen LogP contribution < -0.4 is 4.90 Å². The standard InChI is InChI=1S/C59H39N/c1-3-20-40(21-4-1)42-38-39-46(45-26-8-7-25-44(42)45)49-29-13-18-36-56(49)60(55-35-17-12-24-43(55)41-22-5-2-6-23-41)57-37-19-34-54-58(57)50-30-11-16-33-53(50)59(54)51-31-14-9-27-47(51)48-28-10-15-32-52(48)59/h1-39H. The van der Waals surface area contributed by atoms with E-state index in [1.807, 2.05) is 0 Å². The van der Waals surface area contributed by atoms with Gasteiger partial charge < -0.3 is 4.90 Å². The van der Waals surface area contributed by atoms with Crippen LogP contribution in [0, 0.1) is 0 Å². The lowest BCUT2D eigenvalue weighted by Crippen LogP contribution is -2.26. The zero-order valence-corrected chi connectivity index (χ0v) is 33.0. The Bertz CT molecular complexity index is 3220. The van der Waals surface area contributed by atoms with Crippen LogP contribution in [-0.4, -0.2) is 0 Å². The van der Waals surface area contributed by atoms with E-state index in [9.17, 15) is 0 Å². The van der Waals surface area contributed by atoms with Gasteiger partial charge in [-0.2, -0.15) is 0 Å². The van der Waals surface area contributed by atoms with Crippen LogP contribution in [0.25, 0.3) is 66.4 Å². The predicted molar refractivity (Wildman–Crippen MR) is 251 cm³/mol. The zero-order chi connectivity index (χ0) is 39.6. The quantitative estimate of drug-likeness (QED) is 0.163. The van der Waals surface area contributed by atoms with Gasteiger partial charge in [-0.3, -0.25) is 0 Å². The first kappa shape index (κ1) is 34.3. The molecule has 0 unspecified atom stereocenters. The normalized spacial score (nSPS) is 12.8. The molecule has 0 amide bonds. The Kier molecular flexibility index (Phi) is 7.83. The van der Waals surface area contributed by atoms with Crippen LogP contribution in [0.2, 0.25) is 0 Å². The van der Waals surface area contributed by atoms with Gasteiger partial charge >= 0.3 is 0 Å². The molecule has 0 radical (unpaired) electrons. The lowest BCUT2D eigenvalue weighted by atomic mass is 9.70. The maximum atomic E-state index is 2.55. The Hall–Kier alpha value is -7.74. The molecule has 12 rings (SSSR count). The van der Waals surface area contributed by atoms with Crippen LogP contribution in [0.1, 0.15) is 22.3 Å². The second-order valence-corrected chi connectivity index (χ2v) is 15.9. The summed E-state index contributed by atoms with van der Waals surface area (Å²) in [5, 5.41) is 2.46. The minimum atomic E-state index is -0.456. The first-order valence-corrected chi connectivity index (χ1v) is 20.9. The van der Waals surface area contributed by atoms with Crippen molar-refractivity contribution in [3.05, 3.63) is 259 Å². The Morgan fingerprint density at radius 1 is 0.233 bits per heavy atom. The fourth-order valence-corrected chi connectivity index (χ4v) is 10.5. The molecule has 0 aromatic heterocycles. The van der Waals surface area contributed by atoms with E-state index in [0.29, 0.717) is 0 Å². The Morgan fingerprint density at radius 3 is 1.27 bits per heavy atom. The number of para-hydroxylation sites is 2. The molecular formula is C59H39N. The van der Waals surface area contributed by atoms with Crippen molar-refractivity contribution in [2.45, 2.75) is 5.41 Å². The number of rotatable bonds is 6. The van der Waals surface area contributed by atoms with E-state index >= 15 is 0 Å². The SMILES string of the molecule is c1ccc(-c2ccccc2N(c2ccccc2-c2ccc(-c3ccccc3)c3ccccc23)c2cccc3c2-c2ccccc2C32c3ccccc3-c3ccccc32)cc1. The maximum Gasteiger partial charge on any atom is 0.0726 e. The van der Waals surface area contributed by atoms with Gasteiger partial charge in [0, 0.05) is 16.7 Å². The second-order valence-electron chi connectivity index (χ2n) is 15.9. The van der Waals surface area contributed by atoms with E-state index in [1.165, 1.54) is 88.7 Å². The molecule has 0 aliphatic heterocycles. The minimum absolute atomic E-state index is 0.456. The number of anilines is 3. The molecule has 0 atom stereocenters. The summed E-state index contributed by atoms with van der Waals surface area (Å²) in [4.78, 5) is 2.55. The number of nitrogens with zero attached hydrogens (tertiary/aromatic N) is 1. The monoisotopic (exact) mass is 761 g/mol. The van der Waals surface area contributed by atoms with Gasteiger partial charge in [-0.25, -0.2) is 0 Å². The fraction of sp³-hybridized carbons (Fsp3) is 0.0169. The lowest BCUT2D eigenvalue weighted by molar-refractivity contribution is 0.794. The van der Waals surface area contributed by atoms with E-state index < -0.39 is 5.41 Å². The highest BCUT2D eigenvalue weighted by atomic mass is 15.2. The molecule has 0 fully saturated rings. The molecule has 10 aromatic rings. The average molecular weight is 762 g/mol. The van der Waals surface area contributed by atoms with Crippen LogP contribution in [-0.2, 0) is 5.41 Å². The molecule has 1 heteroatoms. The van der Waals surface area contributed by atoms with E-state index in [2.05, 4.69) is 241 Å². The smallest absolute Gasteiger partial charge is 0.0726 e. The number of hydrogen-bond donors (Lipinski definition) is 0. The van der Waals surface area contributed by atoms with Gasteiger partial charge in [0.2, 0.25) is 0 Å². The topological polar surface area (TPSA) is 3.24 Å². The molecule has 10 aromatic carbocycles. The minimum Gasteiger partial charge on any atom is -0.309 e. The summed E-state index contributed by atoms with van der Waals surface area (Å²) in [5.41, 5.74) is 20.6. The number of benzene rings is 10. The summed E-state index contributed by atoms with van der Waals surface area (Å²) in [6, 6.07) is 87.3. The van der Waals surface area contributed by atoms with Gasteiger partial charge in [0.05, 0.1) is 22.5 Å². The first-order valence-electron chi connectivity index (χ1n) is 20.9. The summed E-state index contributed by atoms with van der Waals surface area (Å²) in [5.74, 6) is 0. The first-order chi connectivity index (χ1) is 29.8. The van der Waals surface area contributed by atoms with Gasteiger partial charge in [-0.1, -0.05) is 218 Å². The third-order valence-corrected chi connectivity index (χ3v) is 12.9. The zero-order valence-electron chi connectivity index (χ0n) is 33.0. The summed E-state index contributed by atoms with van der Waals surface area (Å²) >= 11 is 0. The Balaban J connectivity index is 1.17. The van der Waals surface area contributed by atoms with Crippen LogP contribution in [0.4, 0.5) is 17.1 Å². The van der Waals surface area contributed by atoms with Crippen molar-refractivity contribution in [3.8, 4) is 55.6 Å². The van der Waals surface area contributed by atoms with E-state index in [1.54, 1.807) is 0 Å². The van der Waals surface area contributed by atoms with Crippen LogP contribution in [0.15, 0.2) is 237 Å². The van der Waals surface area contributed by atoms with Crippen LogP contribution >= 0.6 is 0 Å². The molecule has 1 nitrogen and oxygen atoms in total. The van der Waals surface area contributed by atoms with Crippen LogP contribution in [0.3, 0.4) is 0 Å². The third kappa shape index (κ3) is 4.93. The largest absolute Gasteiger partial charge is 0.309 e. The van der Waals surface area contributed by atoms with E-state index in [0.717, 1.165) is 17.1 Å². The van der Waals surface area contributed by atoms with Gasteiger partial charge in [-0.05, 0) is 90.2 Å². The molecule has 0 saturated carbocycles. The summed E-state index contributed by atoms with van der Waals surface area (Å²) in [7, 11) is 0. The van der Waals surface area contributed by atoms with Crippen molar-refractivity contribution in [2.75, 3.05) is 4.90 Å². The molecular weight excluding hydrogens is 723 g/mol. The predicted octanol–water partition coefficient (Wildman–Crippen LogP) is 15.7. The van der Waals surface area contributed by atoms with Crippen molar-refractivity contribution in [1.82, 2.24) is 0 Å². The van der Waals surface area contributed by atoms with Crippen molar-refractivity contribution in [2.24, 2.45) is 0 Å². The molecule has 60 heavy (non-hydrogen) atoms. The maximum absolute atomic E-state index is 2.55. The summed E-state index contributed by atoms with van der Waals surface area (Å²) in [6.07, 6.45) is 0. The van der Waals surface area contributed by atoms with Crippen molar-refractivity contribution >= 4 is 27.8 Å². The Labute approximate surface area is 351 Å². The molecule has 0 heterocycles. The summed E-state index contributed by atoms with van der Waals surface area (Å²) in [6.45, 7) is 0. The van der Waals surface area contributed by atoms with Gasteiger partial charge in [0.15, 0.2) is 0 Å².